The standard InChI is InChI=1S/C9H10F4N4O3S/c1-8(2)4(10)7(16-20-8)21(18,19)9(12,13)5-6(11)15-17(3)14-5/h4H,1-3H3. The molecule has 0 radical (unpaired) electrons. The molecule has 7 nitrogen and oxygen atoms in total. The normalized spacial score (nSPS) is 22.0. The third-order valence-electron chi connectivity index (χ3n) is 2.76. The van der Waals surface area contributed by atoms with E-state index in [-0.39, 0.29) is 0 Å². The second-order valence-electron chi connectivity index (χ2n) is 4.84. The molecule has 2 rings (SSSR count). The van der Waals surface area contributed by atoms with E-state index < -0.39 is 43.5 Å². The quantitative estimate of drug-likeness (QED) is 0.751. The van der Waals surface area contributed by atoms with Crippen molar-refractivity contribution in [2.75, 3.05) is 0 Å². The largest absolute Gasteiger partial charge is 0.399 e. The number of oxime groups is 1. The lowest BCUT2D eigenvalue weighted by atomic mass is 10.1. The van der Waals surface area contributed by atoms with E-state index in [0.717, 1.165) is 20.9 Å². The second-order valence-corrected chi connectivity index (χ2v) is 6.77. The number of nitrogens with zero attached hydrogens (tertiary/aromatic N) is 4. The average molecular weight is 330 g/mol. The fourth-order valence-electron chi connectivity index (χ4n) is 1.56. The van der Waals surface area contributed by atoms with Gasteiger partial charge in [0.2, 0.25) is 10.7 Å². The molecule has 1 unspecified atom stereocenters. The second kappa shape index (κ2) is 4.39. The van der Waals surface area contributed by atoms with Crippen molar-refractivity contribution in [3.63, 3.8) is 0 Å². The summed E-state index contributed by atoms with van der Waals surface area (Å²) in [7, 11) is -4.64. The maximum absolute atomic E-state index is 14.0. The van der Waals surface area contributed by atoms with Crippen LogP contribution in [0.25, 0.3) is 0 Å². The van der Waals surface area contributed by atoms with Crippen molar-refractivity contribution in [1.82, 2.24) is 15.0 Å². The molecule has 0 saturated heterocycles. The maximum Gasteiger partial charge on any atom is 0.399 e. The average Bonchev–Trinajstić information content (AvgIpc) is 2.80. The molecule has 0 fully saturated rings. The third kappa shape index (κ3) is 2.17. The van der Waals surface area contributed by atoms with E-state index in [0.29, 0.717) is 4.80 Å². The molecule has 0 aliphatic carbocycles. The zero-order valence-corrected chi connectivity index (χ0v) is 11.8. The third-order valence-corrected chi connectivity index (χ3v) is 4.46. The van der Waals surface area contributed by atoms with Crippen molar-refractivity contribution in [2.24, 2.45) is 12.2 Å². The van der Waals surface area contributed by atoms with E-state index in [9.17, 15) is 26.0 Å². The number of aryl methyl sites for hydroxylation is 1. The van der Waals surface area contributed by atoms with Gasteiger partial charge in [-0.1, -0.05) is 5.16 Å². The fraction of sp³-hybridized carbons (Fsp3) is 0.667. The molecular formula is C9H10F4N4O3S. The summed E-state index contributed by atoms with van der Waals surface area (Å²) in [5.41, 5.74) is -3.45. The van der Waals surface area contributed by atoms with Crippen molar-refractivity contribution in [2.45, 2.75) is 30.9 Å². The van der Waals surface area contributed by atoms with Crippen LogP contribution in [0.15, 0.2) is 5.16 Å². The molecule has 2 heterocycles. The van der Waals surface area contributed by atoms with E-state index in [1.165, 1.54) is 0 Å². The molecule has 1 aliphatic rings. The lowest BCUT2D eigenvalue weighted by Crippen LogP contribution is -2.42. The van der Waals surface area contributed by atoms with Gasteiger partial charge >= 0.3 is 5.25 Å². The first-order valence-corrected chi connectivity index (χ1v) is 6.99. The highest BCUT2D eigenvalue weighted by Gasteiger charge is 2.60. The van der Waals surface area contributed by atoms with Crippen molar-refractivity contribution < 1.29 is 30.8 Å². The number of aromatic nitrogens is 3. The number of rotatable bonds is 2. The summed E-state index contributed by atoms with van der Waals surface area (Å²) in [5, 5.41) is 2.38. The summed E-state index contributed by atoms with van der Waals surface area (Å²) in [4.78, 5) is 4.91. The SMILES string of the molecule is Cn1nc(F)c(C(F)(F)S(=O)(=O)C2=NOC(C)(C)C2F)n1. The number of hydrogen-bond acceptors (Lipinski definition) is 6. The van der Waals surface area contributed by atoms with Crippen LogP contribution in [0.2, 0.25) is 0 Å². The van der Waals surface area contributed by atoms with Crippen LogP contribution in [-0.4, -0.2) is 40.2 Å². The van der Waals surface area contributed by atoms with E-state index in [1.54, 1.807) is 0 Å². The highest BCUT2D eigenvalue weighted by molar-refractivity contribution is 8.07. The molecule has 1 atom stereocenters. The van der Waals surface area contributed by atoms with Gasteiger partial charge in [0.15, 0.2) is 11.8 Å². The molecule has 0 amide bonds. The predicted octanol–water partition coefficient (Wildman–Crippen LogP) is 0.879. The molecule has 0 N–H and O–H groups in total. The van der Waals surface area contributed by atoms with Gasteiger partial charge in [-0.2, -0.15) is 18.0 Å². The van der Waals surface area contributed by atoms with Gasteiger partial charge < -0.3 is 4.84 Å². The Morgan fingerprint density at radius 2 is 1.90 bits per heavy atom. The first-order valence-electron chi connectivity index (χ1n) is 5.51. The van der Waals surface area contributed by atoms with E-state index >= 15 is 0 Å². The Morgan fingerprint density at radius 3 is 2.29 bits per heavy atom. The first kappa shape index (κ1) is 15.7. The van der Waals surface area contributed by atoms with Gasteiger partial charge in [0, 0.05) is 7.05 Å². The minimum Gasteiger partial charge on any atom is -0.385 e. The lowest BCUT2D eigenvalue weighted by Gasteiger charge is -2.19. The van der Waals surface area contributed by atoms with Crippen LogP contribution < -0.4 is 0 Å². The molecule has 1 aliphatic heterocycles. The molecule has 21 heavy (non-hydrogen) atoms. The zero-order valence-electron chi connectivity index (χ0n) is 11.0. The predicted molar refractivity (Wildman–Crippen MR) is 61.3 cm³/mol. The molecule has 0 saturated carbocycles. The molecule has 0 aromatic carbocycles. The van der Waals surface area contributed by atoms with Crippen molar-refractivity contribution in [3.8, 4) is 0 Å². The molecule has 1 aromatic heterocycles. The van der Waals surface area contributed by atoms with Crippen LogP contribution in [0.4, 0.5) is 17.6 Å². The van der Waals surface area contributed by atoms with Gasteiger partial charge in [-0.3, -0.25) is 0 Å². The van der Waals surface area contributed by atoms with E-state index in [4.69, 9.17) is 0 Å². The van der Waals surface area contributed by atoms with Crippen molar-refractivity contribution in [1.29, 1.82) is 0 Å². The first-order chi connectivity index (χ1) is 9.41. The van der Waals surface area contributed by atoms with Gasteiger partial charge in [-0.05, 0) is 13.8 Å². The Labute approximate surface area is 116 Å². The zero-order chi connectivity index (χ0) is 16.2. The molecule has 0 spiro atoms. The summed E-state index contributed by atoms with van der Waals surface area (Å²) >= 11 is 0. The molecule has 12 heteroatoms. The van der Waals surface area contributed by atoms with Crippen molar-refractivity contribution >= 4 is 14.9 Å². The van der Waals surface area contributed by atoms with Gasteiger partial charge in [0.25, 0.3) is 15.8 Å². The van der Waals surface area contributed by atoms with E-state index in [1.807, 2.05) is 0 Å². The summed E-state index contributed by atoms with van der Waals surface area (Å²) in [6.07, 6.45) is -2.42. The van der Waals surface area contributed by atoms with Crippen LogP contribution in [-0.2, 0) is 27.0 Å². The number of hydrogen-bond donors (Lipinski definition) is 0. The smallest absolute Gasteiger partial charge is 0.385 e. The van der Waals surface area contributed by atoms with E-state index in [2.05, 4.69) is 20.2 Å². The summed E-state index contributed by atoms with van der Waals surface area (Å²) < 4.78 is 79.0. The fourth-order valence-corrected chi connectivity index (χ4v) is 2.89. The Morgan fingerprint density at radius 1 is 1.33 bits per heavy atom. The van der Waals surface area contributed by atoms with Crippen molar-refractivity contribution in [3.05, 3.63) is 11.6 Å². The maximum atomic E-state index is 14.0. The van der Waals surface area contributed by atoms with Gasteiger partial charge in [0.1, 0.15) is 0 Å². The van der Waals surface area contributed by atoms with Crippen LogP contribution in [0.1, 0.15) is 19.5 Å². The number of halogens is 4. The van der Waals surface area contributed by atoms with Gasteiger partial charge in [-0.25, -0.2) is 12.8 Å². The highest BCUT2D eigenvalue weighted by atomic mass is 32.2. The summed E-state index contributed by atoms with van der Waals surface area (Å²) in [6.45, 7) is 2.26. The van der Waals surface area contributed by atoms with Crippen LogP contribution in [0.5, 0.6) is 0 Å². The molecular weight excluding hydrogens is 320 g/mol. The topological polar surface area (TPSA) is 86.4 Å². The van der Waals surface area contributed by atoms with Crippen LogP contribution in [0, 0.1) is 5.95 Å². The molecule has 0 bridgehead atoms. The number of sulfone groups is 1. The minimum absolute atomic E-state index is 0.428. The Hall–Kier alpha value is -1.72. The monoisotopic (exact) mass is 330 g/mol. The molecule has 1 aromatic rings. The molecule has 118 valence electrons. The van der Waals surface area contributed by atoms with Gasteiger partial charge in [0.05, 0.1) is 0 Å². The van der Waals surface area contributed by atoms with Crippen LogP contribution >= 0.6 is 0 Å². The minimum atomic E-state index is -5.66. The van der Waals surface area contributed by atoms with Gasteiger partial charge in [-0.15, -0.1) is 10.2 Å². The Kier molecular flexibility index (Phi) is 3.27. The summed E-state index contributed by atoms with van der Waals surface area (Å²) in [5.74, 6) is -1.78. The van der Waals surface area contributed by atoms with Crippen LogP contribution in [0.3, 0.4) is 0 Å². The lowest BCUT2D eigenvalue weighted by molar-refractivity contribution is -0.0232. The number of alkyl halides is 3. The highest BCUT2D eigenvalue weighted by Crippen LogP contribution is 2.39. The Bertz CT molecular complexity index is 713. The Balaban J connectivity index is 2.52. The summed E-state index contributed by atoms with van der Waals surface area (Å²) in [6, 6.07) is 0.